The van der Waals surface area contributed by atoms with E-state index in [0.717, 1.165) is 22.4 Å². The van der Waals surface area contributed by atoms with Crippen molar-refractivity contribution in [2.75, 3.05) is 6.61 Å². The largest absolute Gasteiger partial charge is 0.460 e. The molecule has 1 aliphatic heterocycles. The van der Waals surface area contributed by atoms with Crippen molar-refractivity contribution in [1.82, 2.24) is 14.6 Å². The Bertz CT molecular complexity index is 1650. The summed E-state index contributed by atoms with van der Waals surface area (Å²) in [7, 11) is -4.60. The summed E-state index contributed by atoms with van der Waals surface area (Å²) in [5.41, 5.74) is 5.86. The summed E-state index contributed by atoms with van der Waals surface area (Å²) < 4.78 is 37.4. The number of para-hydroxylation sites is 1. The second-order valence-corrected chi connectivity index (χ2v) is 11.8. The molecule has 3 aromatic rings. The molecule has 2 heterocycles. The maximum atomic E-state index is 14.2. The average molecular weight is 631 g/mol. The number of aromatic amines is 1. The third-order valence-corrected chi connectivity index (χ3v) is 8.11. The number of benzene rings is 2. The lowest BCUT2D eigenvalue weighted by molar-refractivity contribution is -0.148. The number of hydrogen-bond acceptors (Lipinski definition) is 11. The van der Waals surface area contributed by atoms with Gasteiger partial charge < -0.3 is 24.2 Å². The Morgan fingerprint density at radius 3 is 2.43 bits per heavy atom. The van der Waals surface area contributed by atoms with E-state index in [2.05, 4.69) is 15.1 Å². The summed E-state index contributed by atoms with van der Waals surface area (Å²) in [5, 5.41) is 27.7. The number of H-pyrrole nitrogens is 1. The number of nitrogens with one attached hydrogen (secondary N) is 2. The Morgan fingerprint density at radius 2 is 1.82 bits per heavy atom. The van der Waals surface area contributed by atoms with Crippen molar-refractivity contribution in [2.45, 2.75) is 50.7 Å². The molecule has 44 heavy (non-hydrogen) atoms. The fourth-order valence-electron chi connectivity index (χ4n) is 4.28. The summed E-state index contributed by atoms with van der Waals surface area (Å²) >= 11 is 0. The van der Waals surface area contributed by atoms with Crippen LogP contribution in [0.2, 0.25) is 0 Å². The molecule has 0 amide bonds. The van der Waals surface area contributed by atoms with Gasteiger partial charge in [0.1, 0.15) is 30.6 Å². The minimum absolute atomic E-state index is 0.0568. The first kappa shape index (κ1) is 32.6. The molecule has 16 nitrogen and oxygen atoms in total. The molecule has 17 heteroatoms. The van der Waals surface area contributed by atoms with Crippen LogP contribution in [0.3, 0.4) is 0 Å². The minimum Gasteiger partial charge on any atom is -0.460 e. The first-order valence-electron chi connectivity index (χ1n) is 13.4. The van der Waals surface area contributed by atoms with Crippen molar-refractivity contribution in [1.29, 1.82) is 0 Å². The van der Waals surface area contributed by atoms with Crippen LogP contribution in [0.25, 0.3) is 10.4 Å². The number of nitrogens with zero attached hydrogens (tertiary/aromatic N) is 4. The normalized spacial score (nSPS) is 23.3. The standard InChI is InChI=1S/C27H31N6O10P/c1-17(2)21(25(37)40-15-18-9-5-3-6-10-18)30-44(39,43-19-11-7-4-8-12-19)41-16-27(31-32-28)23(36)22(35)24(42-27)33-14-13-20(34)29-26(33)38/h3-14,17,21-24,35-36H,15-16H2,1-2H3,(H,30,39)(H,29,34,38)/t21-,22-,23+,24+,27+,44?/m0/s1. The number of aliphatic hydroxyl groups excluding tert-OH is 2. The van der Waals surface area contributed by atoms with Crippen LogP contribution in [0, 0.1) is 5.92 Å². The van der Waals surface area contributed by atoms with E-state index >= 15 is 0 Å². The number of azide groups is 1. The van der Waals surface area contributed by atoms with Gasteiger partial charge in [-0.3, -0.25) is 23.7 Å². The molecule has 4 N–H and O–H groups in total. The zero-order valence-corrected chi connectivity index (χ0v) is 24.5. The molecule has 0 radical (unpaired) electrons. The maximum Gasteiger partial charge on any atom is 0.459 e. The molecule has 0 spiro atoms. The second kappa shape index (κ2) is 14.0. The molecular formula is C27H31N6O10P. The zero-order valence-electron chi connectivity index (χ0n) is 23.6. The van der Waals surface area contributed by atoms with E-state index in [4.69, 9.17) is 18.5 Å². The van der Waals surface area contributed by atoms with Crippen molar-refractivity contribution in [3.05, 3.63) is 110 Å². The van der Waals surface area contributed by atoms with Crippen LogP contribution in [-0.2, 0) is 30.0 Å². The Kier molecular flexibility index (Phi) is 10.4. The highest BCUT2D eigenvalue weighted by molar-refractivity contribution is 7.52. The Morgan fingerprint density at radius 1 is 1.16 bits per heavy atom. The lowest BCUT2D eigenvalue weighted by Gasteiger charge is -2.31. The van der Waals surface area contributed by atoms with E-state index in [9.17, 15) is 34.7 Å². The summed E-state index contributed by atoms with van der Waals surface area (Å²) in [6.07, 6.45) is -4.52. The molecule has 0 saturated carbocycles. The summed E-state index contributed by atoms with van der Waals surface area (Å²) in [5.74, 6) is -1.18. The Balaban J connectivity index is 1.61. The maximum absolute atomic E-state index is 14.2. The van der Waals surface area contributed by atoms with Crippen LogP contribution in [0.5, 0.6) is 5.75 Å². The molecule has 0 aliphatic carbocycles. The van der Waals surface area contributed by atoms with Gasteiger partial charge in [-0.05, 0) is 29.1 Å². The van der Waals surface area contributed by atoms with Crippen molar-refractivity contribution in [3.63, 3.8) is 0 Å². The van der Waals surface area contributed by atoms with Crippen LogP contribution in [0.15, 0.2) is 87.6 Å². The van der Waals surface area contributed by atoms with Gasteiger partial charge in [0.25, 0.3) is 5.56 Å². The fraction of sp³-hybridized carbons (Fsp3) is 0.370. The Hall–Kier alpha value is -4.27. The number of carbonyl (C=O) groups is 1. The molecule has 4 rings (SSSR count). The van der Waals surface area contributed by atoms with E-state index in [0.29, 0.717) is 0 Å². The van der Waals surface area contributed by atoms with Crippen LogP contribution < -0.4 is 20.9 Å². The minimum atomic E-state index is -4.60. The number of ether oxygens (including phenoxy) is 2. The van der Waals surface area contributed by atoms with E-state index in [1.54, 1.807) is 56.3 Å². The zero-order chi connectivity index (χ0) is 31.9. The van der Waals surface area contributed by atoms with Gasteiger partial charge in [0.2, 0.25) is 5.72 Å². The molecule has 2 aromatic carbocycles. The van der Waals surface area contributed by atoms with Gasteiger partial charge in [0, 0.05) is 17.2 Å². The number of aliphatic hydroxyl groups is 2. The molecule has 1 unspecified atom stereocenters. The van der Waals surface area contributed by atoms with E-state index in [-0.39, 0.29) is 12.4 Å². The highest BCUT2D eigenvalue weighted by atomic mass is 31.2. The average Bonchev–Trinajstić information content (AvgIpc) is 3.24. The third kappa shape index (κ3) is 7.62. The molecule has 234 valence electrons. The number of hydrogen-bond donors (Lipinski definition) is 4. The van der Waals surface area contributed by atoms with E-state index in [1.165, 1.54) is 12.1 Å². The van der Waals surface area contributed by atoms with Gasteiger partial charge >= 0.3 is 19.4 Å². The van der Waals surface area contributed by atoms with Gasteiger partial charge in [0.15, 0.2) is 6.23 Å². The molecule has 1 aliphatic rings. The van der Waals surface area contributed by atoms with Crippen molar-refractivity contribution in [2.24, 2.45) is 11.0 Å². The van der Waals surface area contributed by atoms with Crippen LogP contribution >= 0.6 is 7.75 Å². The molecule has 0 bridgehead atoms. The van der Waals surface area contributed by atoms with E-state index in [1.807, 2.05) is 11.1 Å². The lowest BCUT2D eigenvalue weighted by atomic mass is 10.1. The summed E-state index contributed by atoms with van der Waals surface area (Å²) in [6, 6.07) is 16.5. The van der Waals surface area contributed by atoms with Gasteiger partial charge in [-0.2, -0.15) is 5.09 Å². The van der Waals surface area contributed by atoms with Crippen LogP contribution in [0.4, 0.5) is 0 Å². The summed E-state index contributed by atoms with van der Waals surface area (Å²) in [6.45, 7) is 2.30. The highest BCUT2D eigenvalue weighted by Gasteiger charge is 2.56. The number of rotatable bonds is 13. The summed E-state index contributed by atoms with van der Waals surface area (Å²) in [4.78, 5) is 41.6. The van der Waals surface area contributed by atoms with Gasteiger partial charge in [-0.25, -0.2) is 9.36 Å². The monoisotopic (exact) mass is 630 g/mol. The SMILES string of the molecule is CC(C)[C@H](NP(=O)(OC[C@@]1(N=[N+]=[N-])O[C@@H](n2ccc(=O)[nH]c2=O)[C@@H](O)[C@H]1O)Oc1ccccc1)C(=O)OCc1ccccc1. The molecule has 1 saturated heterocycles. The smallest absolute Gasteiger partial charge is 0.459 e. The van der Waals surface area contributed by atoms with Gasteiger partial charge in [-0.1, -0.05) is 67.5 Å². The topological polar surface area (TPSA) is 227 Å². The van der Waals surface area contributed by atoms with Crippen molar-refractivity contribution in [3.8, 4) is 5.75 Å². The van der Waals surface area contributed by atoms with E-state index < -0.39 is 67.7 Å². The predicted molar refractivity (Wildman–Crippen MR) is 154 cm³/mol. The van der Waals surface area contributed by atoms with Crippen LogP contribution in [-0.4, -0.2) is 56.3 Å². The van der Waals surface area contributed by atoms with Gasteiger partial charge in [0.05, 0.1) is 6.61 Å². The fourth-order valence-corrected chi connectivity index (χ4v) is 5.96. The van der Waals surface area contributed by atoms with Gasteiger partial charge in [-0.15, -0.1) is 0 Å². The first-order chi connectivity index (χ1) is 21.0. The number of aromatic nitrogens is 2. The van der Waals surface area contributed by atoms with Crippen molar-refractivity contribution < 1.29 is 38.1 Å². The second-order valence-electron chi connectivity index (χ2n) is 10.1. The lowest BCUT2D eigenvalue weighted by Crippen LogP contribution is -2.46. The molecular weight excluding hydrogens is 599 g/mol. The number of esters is 1. The highest BCUT2D eigenvalue weighted by Crippen LogP contribution is 2.48. The first-order valence-corrected chi connectivity index (χ1v) is 14.9. The quantitative estimate of drug-likeness (QED) is 0.0704. The third-order valence-electron chi connectivity index (χ3n) is 6.59. The molecule has 6 atom stereocenters. The molecule has 1 fully saturated rings. The molecule has 1 aromatic heterocycles. The van der Waals surface area contributed by atoms with Crippen molar-refractivity contribution >= 4 is 13.7 Å². The van der Waals surface area contributed by atoms with Crippen LogP contribution in [0.1, 0.15) is 25.6 Å². The number of carbonyl (C=O) groups excluding carboxylic acids is 1. The predicted octanol–water partition coefficient (Wildman–Crippen LogP) is 2.36. The Labute approximate surface area is 250 Å².